The third-order valence-electron chi connectivity index (χ3n) is 11.1. The van der Waals surface area contributed by atoms with Crippen molar-refractivity contribution in [3.8, 4) is 40.3 Å². The highest BCUT2D eigenvalue weighted by atomic mass is 15.0. The standard InChI is InChI=1S/C50H29N5/c51-30-32-23-25-48-42(27-32)40-16-3-7-21-46(40)54(48)36-24-26-49-43(29-36)41-17-4-8-22-47(41)55(49)50-34(31-52)12-10-18-37(50)33-11-9-13-35(28-33)53-44-19-5-1-14-38(44)39-15-2-6-20-45(39)53/h1-29H. The summed E-state index contributed by atoms with van der Waals surface area (Å²) in [6.07, 6.45) is 0. The molecule has 0 amide bonds. The van der Waals surface area contributed by atoms with Crippen LogP contribution < -0.4 is 0 Å². The molecule has 11 aromatic rings. The molecule has 0 fully saturated rings. The van der Waals surface area contributed by atoms with Gasteiger partial charge in [0.25, 0.3) is 0 Å². The van der Waals surface area contributed by atoms with Crippen LogP contribution in [-0.2, 0) is 0 Å². The molecule has 0 bridgehead atoms. The Labute approximate surface area is 316 Å². The lowest BCUT2D eigenvalue weighted by atomic mass is 9.99. The highest BCUT2D eigenvalue weighted by Crippen LogP contribution is 2.41. The van der Waals surface area contributed by atoms with E-state index >= 15 is 0 Å². The molecule has 3 aromatic heterocycles. The van der Waals surface area contributed by atoms with Crippen molar-refractivity contribution in [3.63, 3.8) is 0 Å². The lowest BCUT2D eigenvalue weighted by Crippen LogP contribution is -2.02. The van der Waals surface area contributed by atoms with Gasteiger partial charge in [-0.2, -0.15) is 10.5 Å². The van der Waals surface area contributed by atoms with Gasteiger partial charge in [-0.25, -0.2) is 0 Å². The maximum Gasteiger partial charge on any atom is 0.101 e. The molecule has 0 aliphatic rings. The van der Waals surface area contributed by atoms with Crippen molar-refractivity contribution in [2.45, 2.75) is 0 Å². The second-order valence-electron chi connectivity index (χ2n) is 14.0. The van der Waals surface area contributed by atoms with Gasteiger partial charge in [0.05, 0.1) is 56.0 Å². The Morgan fingerprint density at radius 2 is 0.836 bits per heavy atom. The van der Waals surface area contributed by atoms with Crippen LogP contribution in [0, 0.1) is 22.7 Å². The van der Waals surface area contributed by atoms with Gasteiger partial charge in [-0.3, -0.25) is 0 Å². The van der Waals surface area contributed by atoms with Gasteiger partial charge < -0.3 is 13.7 Å². The first-order chi connectivity index (χ1) is 27.2. The summed E-state index contributed by atoms with van der Waals surface area (Å²) in [6.45, 7) is 0. The number of fused-ring (bicyclic) bond motifs is 9. The van der Waals surface area contributed by atoms with Crippen LogP contribution in [0.2, 0.25) is 0 Å². The van der Waals surface area contributed by atoms with Crippen molar-refractivity contribution in [2.75, 3.05) is 0 Å². The van der Waals surface area contributed by atoms with Gasteiger partial charge in [0.1, 0.15) is 6.07 Å². The van der Waals surface area contributed by atoms with Crippen LogP contribution in [0.25, 0.3) is 93.6 Å². The average molecular weight is 700 g/mol. The molecular weight excluding hydrogens is 671 g/mol. The van der Waals surface area contributed by atoms with Crippen molar-refractivity contribution < 1.29 is 0 Å². The Bertz CT molecular complexity index is 3420. The number of aromatic nitrogens is 3. The minimum Gasteiger partial charge on any atom is -0.309 e. The largest absolute Gasteiger partial charge is 0.309 e. The van der Waals surface area contributed by atoms with Crippen molar-refractivity contribution in [1.29, 1.82) is 10.5 Å². The molecule has 0 unspecified atom stereocenters. The van der Waals surface area contributed by atoms with Crippen LogP contribution in [0.5, 0.6) is 0 Å². The van der Waals surface area contributed by atoms with Gasteiger partial charge in [0, 0.05) is 49.3 Å². The van der Waals surface area contributed by atoms with Gasteiger partial charge >= 0.3 is 0 Å². The fourth-order valence-corrected chi connectivity index (χ4v) is 8.78. The summed E-state index contributed by atoms with van der Waals surface area (Å²) in [5, 5.41) is 27.2. The van der Waals surface area contributed by atoms with E-state index in [1.54, 1.807) is 0 Å². The number of benzene rings is 8. The van der Waals surface area contributed by atoms with E-state index in [4.69, 9.17) is 0 Å². The van der Waals surface area contributed by atoms with E-state index < -0.39 is 0 Å². The summed E-state index contributed by atoms with van der Waals surface area (Å²) in [5.41, 5.74) is 12.6. The van der Waals surface area contributed by atoms with Gasteiger partial charge in [-0.15, -0.1) is 0 Å². The Morgan fingerprint density at radius 1 is 0.345 bits per heavy atom. The van der Waals surface area contributed by atoms with Crippen molar-refractivity contribution in [2.24, 2.45) is 0 Å². The summed E-state index contributed by atoms with van der Waals surface area (Å²) < 4.78 is 6.88. The quantitative estimate of drug-likeness (QED) is 0.184. The average Bonchev–Trinajstić information content (AvgIpc) is 3.88. The highest BCUT2D eigenvalue weighted by Gasteiger charge is 2.21. The van der Waals surface area contributed by atoms with Crippen LogP contribution in [-0.4, -0.2) is 13.7 Å². The number of nitriles is 2. The molecule has 0 radical (unpaired) electrons. The molecule has 0 atom stereocenters. The van der Waals surface area contributed by atoms with E-state index in [-0.39, 0.29) is 0 Å². The van der Waals surface area contributed by atoms with Crippen LogP contribution in [0.1, 0.15) is 11.1 Å². The first kappa shape index (κ1) is 30.7. The molecule has 0 N–H and O–H groups in total. The molecule has 0 spiro atoms. The van der Waals surface area contributed by atoms with Crippen molar-refractivity contribution in [3.05, 3.63) is 187 Å². The lowest BCUT2D eigenvalue weighted by molar-refractivity contribution is 1.15. The minimum atomic E-state index is 0.599. The van der Waals surface area contributed by atoms with Gasteiger partial charge in [-0.05, 0) is 84.4 Å². The second-order valence-corrected chi connectivity index (χ2v) is 14.0. The summed E-state index contributed by atoms with van der Waals surface area (Å²) in [6, 6.07) is 66.0. The second kappa shape index (κ2) is 11.8. The Kier molecular flexibility index (Phi) is 6.61. The molecule has 254 valence electrons. The van der Waals surface area contributed by atoms with E-state index in [1.807, 2.05) is 36.4 Å². The molecule has 8 aromatic carbocycles. The van der Waals surface area contributed by atoms with Crippen molar-refractivity contribution in [1.82, 2.24) is 13.7 Å². The number of hydrogen-bond acceptors (Lipinski definition) is 2. The number of nitrogens with zero attached hydrogens (tertiary/aromatic N) is 5. The maximum atomic E-state index is 10.7. The summed E-state index contributed by atoms with van der Waals surface area (Å²) >= 11 is 0. The molecular formula is C50H29N5. The number of rotatable bonds is 4. The van der Waals surface area contributed by atoms with Crippen LogP contribution in [0.3, 0.4) is 0 Å². The predicted molar refractivity (Wildman–Crippen MR) is 224 cm³/mol. The van der Waals surface area contributed by atoms with E-state index in [2.05, 4.69) is 165 Å². The maximum absolute atomic E-state index is 10.7. The summed E-state index contributed by atoms with van der Waals surface area (Å²) in [4.78, 5) is 0. The summed E-state index contributed by atoms with van der Waals surface area (Å²) in [5.74, 6) is 0. The Balaban J connectivity index is 1.15. The zero-order valence-electron chi connectivity index (χ0n) is 29.5. The number of para-hydroxylation sites is 5. The van der Waals surface area contributed by atoms with Gasteiger partial charge in [0.2, 0.25) is 0 Å². The van der Waals surface area contributed by atoms with E-state index in [1.165, 1.54) is 10.8 Å². The van der Waals surface area contributed by atoms with Gasteiger partial charge in [-0.1, -0.05) is 97.1 Å². The zero-order chi connectivity index (χ0) is 36.6. The molecule has 5 heteroatoms. The Hall–Kier alpha value is -7.86. The first-order valence-corrected chi connectivity index (χ1v) is 18.3. The molecule has 55 heavy (non-hydrogen) atoms. The van der Waals surface area contributed by atoms with E-state index in [9.17, 15) is 10.5 Å². The molecule has 0 saturated heterocycles. The van der Waals surface area contributed by atoms with Crippen LogP contribution in [0.15, 0.2) is 176 Å². The topological polar surface area (TPSA) is 62.4 Å². The first-order valence-electron chi connectivity index (χ1n) is 18.3. The minimum absolute atomic E-state index is 0.599. The molecule has 0 aliphatic carbocycles. The predicted octanol–water partition coefficient (Wildman–Crippen LogP) is 12.4. The molecule has 11 rings (SSSR count). The van der Waals surface area contributed by atoms with Crippen LogP contribution in [0.4, 0.5) is 0 Å². The molecule has 3 heterocycles. The van der Waals surface area contributed by atoms with Crippen LogP contribution >= 0.6 is 0 Å². The Morgan fingerprint density at radius 3 is 1.45 bits per heavy atom. The summed E-state index contributed by atoms with van der Waals surface area (Å²) in [7, 11) is 0. The smallest absolute Gasteiger partial charge is 0.101 e. The fourth-order valence-electron chi connectivity index (χ4n) is 8.78. The SMILES string of the molecule is N#Cc1ccc2c(c1)c1ccccc1n2-c1ccc2c(c1)c1ccccc1n2-c1c(C#N)cccc1-c1cccc(-n2c3ccccc3c3ccccc32)c1. The van der Waals surface area contributed by atoms with E-state index in [0.29, 0.717) is 11.1 Å². The molecule has 5 nitrogen and oxygen atoms in total. The van der Waals surface area contributed by atoms with Gasteiger partial charge in [0.15, 0.2) is 0 Å². The normalized spacial score (nSPS) is 11.6. The van der Waals surface area contributed by atoms with E-state index in [0.717, 1.165) is 82.8 Å². The fraction of sp³-hybridized carbons (Fsp3) is 0. The number of hydrogen-bond donors (Lipinski definition) is 0. The monoisotopic (exact) mass is 699 g/mol. The third kappa shape index (κ3) is 4.45. The lowest BCUT2D eigenvalue weighted by Gasteiger charge is -2.17. The highest BCUT2D eigenvalue weighted by molar-refractivity contribution is 6.13. The zero-order valence-corrected chi connectivity index (χ0v) is 29.5. The van der Waals surface area contributed by atoms with Crippen molar-refractivity contribution >= 4 is 65.4 Å². The molecule has 0 aliphatic heterocycles. The molecule has 0 saturated carbocycles. The third-order valence-corrected chi connectivity index (χ3v) is 11.1.